The van der Waals surface area contributed by atoms with Crippen LogP contribution >= 0.6 is 22.9 Å². The molecule has 0 saturated heterocycles. The maximum Gasteiger partial charge on any atom is 0.177 e. The lowest BCUT2D eigenvalue weighted by molar-refractivity contribution is 0.421. The monoisotopic (exact) mass is 229 g/mol. The van der Waals surface area contributed by atoms with Gasteiger partial charge in [-0.25, -0.2) is 0 Å². The van der Waals surface area contributed by atoms with Gasteiger partial charge in [0.25, 0.3) is 0 Å². The fourth-order valence-electron chi connectivity index (χ4n) is 1.06. The molecule has 2 heterocycles. The number of rotatable bonds is 3. The van der Waals surface area contributed by atoms with E-state index in [0.29, 0.717) is 12.3 Å². The number of nitrogens with two attached hydrogens (primary N) is 1. The Bertz CT molecular complexity index is 426. The molecule has 6 heteroatoms. The minimum absolute atomic E-state index is 0.489. The van der Waals surface area contributed by atoms with Crippen molar-refractivity contribution in [1.82, 2.24) is 10.6 Å². The fourth-order valence-corrected chi connectivity index (χ4v) is 2.05. The summed E-state index contributed by atoms with van der Waals surface area (Å²) in [6.45, 7) is 0.489. The third kappa shape index (κ3) is 1.96. The second-order valence-electron chi connectivity index (χ2n) is 2.67. The van der Waals surface area contributed by atoms with Gasteiger partial charge in [-0.1, -0.05) is 16.8 Å². The zero-order valence-corrected chi connectivity index (χ0v) is 8.73. The van der Waals surface area contributed by atoms with Crippen molar-refractivity contribution in [1.29, 1.82) is 0 Å². The van der Waals surface area contributed by atoms with Crippen LogP contribution in [0, 0.1) is 0 Å². The molecule has 0 aliphatic heterocycles. The molecule has 74 valence electrons. The molecular weight excluding hydrogens is 222 g/mol. The van der Waals surface area contributed by atoms with Crippen molar-refractivity contribution < 1.29 is 4.52 Å². The average molecular weight is 230 g/mol. The normalized spacial score (nSPS) is 10.7. The molecule has 2 aromatic rings. The van der Waals surface area contributed by atoms with Crippen molar-refractivity contribution in [3.63, 3.8) is 0 Å². The molecule has 14 heavy (non-hydrogen) atoms. The van der Waals surface area contributed by atoms with Crippen LogP contribution in [0.1, 0.15) is 5.69 Å². The van der Waals surface area contributed by atoms with Crippen LogP contribution in [0.2, 0.25) is 4.34 Å². The zero-order valence-electron chi connectivity index (χ0n) is 7.16. The van der Waals surface area contributed by atoms with Gasteiger partial charge >= 0.3 is 0 Å². The predicted molar refractivity (Wildman–Crippen MR) is 55.9 cm³/mol. The van der Waals surface area contributed by atoms with Gasteiger partial charge in [0.1, 0.15) is 0 Å². The van der Waals surface area contributed by atoms with Crippen LogP contribution in [0.3, 0.4) is 0 Å². The largest absolute Gasteiger partial charge is 0.355 e. The molecule has 0 fully saturated rings. The second kappa shape index (κ2) is 4.10. The van der Waals surface area contributed by atoms with Gasteiger partial charge < -0.3 is 4.52 Å². The summed E-state index contributed by atoms with van der Waals surface area (Å²) in [4.78, 5) is 0.964. The van der Waals surface area contributed by atoms with Crippen molar-refractivity contribution in [2.45, 2.75) is 6.54 Å². The molecule has 0 aromatic carbocycles. The summed E-state index contributed by atoms with van der Waals surface area (Å²) in [6, 6.07) is 5.56. The quantitative estimate of drug-likeness (QED) is 0.624. The van der Waals surface area contributed by atoms with Gasteiger partial charge in [-0.05, 0) is 12.1 Å². The Balaban J connectivity index is 2.24. The van der Waals surface area contributed by atoms with Crippen LogP contribution in [0.15, 0.2) is 22.7 Å². The molecule has 0 saturated carbocycles. The van der Waals surface area contributed by atoms with Gasteiger partial charge in [-0.15, -0.1) is 11.3 Å². The first kappa shape index (κ1) is 9.67. The summed E-state index contributed by atoms with van der Waals surface area (Å²) in [5, 5.41) is 3.84. The van der Waals surface area contributed by atoms with E-state index in [2.05, 4.69) is 10.6 Å². The summed E-state index contributed by atoms with van der Waals surface area (Å²) in [6.07, 6.45) is 0. The lowest BCUT2D eigenvalue weighted by atomic mass is 10.3. The number of nitrogens with one attached hydrogen (secondary N) is 1. The molecule has 0 radical (unpaired) electrons. The van der Waals surface area contributed by atoms with E-state index in [9.17, 15) is 0 Å². The third-order valence-electron chi connectivity index (χ3n) is 1.66. The first-order valence-electron chi connectivity index (χ1n) is 3.94. The Labute approximate surface area is 89.6 Å². The maximum atomic E-state index is 5.80. The summed E-state index contributed by atoms with van der Waals surface area (Å²) in [5.41, 5.74) is 3.28. The molecule has 0 atom stereocenters. The third-order valence-corrected chi connectivity index (χ3v) is 2.90. The summed E-state index contributed by atoms with van der Waals surface area (Å²) in [5.74, 6) is 5.88. The molecule has 0 unspecified atom stereocenters. The average Bonchev–Trinajstić information content (AvgIpc) is 2.74. The molecule has 0 bridgehead atoms. The Hall–Kier alpha value is -0.880. The smallest absolute Gasteiger partial charge is 0.177 e. The highest BCUT2D eigenvalue weighted by Crippen LogP contribution is 2.31. The van der Waals surface area contributed by atoms with Crippen molar-refractivity contribution in [3.8, 4) is 10.6 Å². The Morgan fingerprint density at radius 1 is 1.57 bits per heavy atom. The first-order chi connectivity index (χ1) is 6.79. The van der Waals surface area contributed by atoms with Gasteiger partial charge in [0.15, 0.2) is 5.76 Å². The second-order valence-corrected chi connectivity index (χ2v) is 4.38. The Kier molecular flexibility index (Phi) is 2.83. The van der Waals surface area contributed by atoms with E-state index in [4.69, 9.17) is 22.0 Å². The molecule has 0 amide bonds. The number of hydrazine groups is 1. The van der Waals surface area contributed by atoms with Gasteiger partial charge in [-0.2, -0.15) is 0 Å². The highest BCUT2D eigenvalue weighted by molar-refractivity contribution is 7.19. The van der Waals surface area contributed by atoms with Gasteiger partial charge in [-0.3, -0.25) is 11.3 Å². The number of aromatic nitrogens is 1. The van der Waals surface area contributed by atoms with E-state index in [0.717, 1.165) is 14.9 Å². The molecule has 0 spiro atoms. The van der Waals surface area contributed by atoms with Crippen molar-refractivity contribution >= 4 is 22.9 Å². The number of hydrogen-bond donors (Lipinski definition) is 2. The molecule has 0 aliphatic rings. The minimum Gasteiger partial charge on any atom is -0.355 e. The maximum absolute atomic E-state index is 5.80. The molecule has 2 rings (SSSR count). The van der Waals surface area contributed by atoms with Crippen molar-refractivity contribution in [2.24, 2.45) is 5.84 Å². The minimum atomic E-state index is 0.489. The number of nitrogens with zero attached hydrogens (tertiary/aromatic N) is 1. The Morgan fingerprint density at radius 2 is 2.43 bits per heavy atom. The number of hydrogen-bond acceptors (Lipinski definition) is 5. The van der Waals surface area contributed by atoms with E-state index >= 15 is 0 Å². The lowest BCUT2D eigenvalue weighted by Crippen LogP contribution is -2.20. The molecule has 0 aliphatic carbocycles. The van der Waals surface area contributed by atoms with Crippen molar-refractivity contribution in [2.75, 3.05) is 0 Å². The van der Waals surface area contributed by atoms with Crippen LogP contribution in [-0.2, 0) is 6.54 Å². The number of thiophene rings is 1. The van der Waals surface area contributed by atoms with Crippen molar-refractivity contribution in [3.05, 3.63) is 28.2 Å². The van der Waals surface area contributed by atoms with Gasteiger partial charge in [0, 0.05) is 6.07 Å². The fraction of sp³-hybridized carbons (Fsp3) is 0.125. The summed E-state index contributed by atoms with van der Waals surface area (Å²) >= 11 is 7.25. The molecular formula is C8H8ClN3OS. The molecule has 4 nitrogen and oxygen atoms in total. The number of halogens is 1. The highest BCUT2D eigenvalue weighted by atomic mass is 35.5. The summed E-state index contributed by atoms with van der Waals surface area (Å²) < 4.78 is 5.85. The van der Waals surface area contributed by atoms with E-state index in [-0.39, 0.29) is 0 Å². The van der Waals surface area contributed by atoms with Crippen LogP contribution in [0.5, 0.6) is 0 Å². The van der Waals surface area contributed by atoms with Crippen LogP contribution in [0.25, 0.3) is 10.6 Å². The lowest BCUT2D eigenvalue weighted by Gasteiger charge is -1.87. The molecule has 3 N–H and O–H groups in total. The van der Waals surface area contributed by atoms with E-state index in [1.54, 1.807) is 0 Å². The Morgan fingerprint density at radius 3 is 3.07 bits per heavy atom. The first-order valence-corrected chi connectivity index (χ1v) is 5.14. The van der Waals surface area contributed by atoms with Gasteiger partial charge in [0.05, 0.1) is 21.5 Å². The predicted octanol–water partition coefficient (Wildman–Crippen LogP) is 2.02. The van der Waals surface area contributed by atoms with Crippen LogP contribution in [0.4, 0.5) is 0 Å². The van der Waals surface area contributed by atoms with E-state index in [1.807, 2.05) is 18.2 Å². The molecule has 2 aromatic heterocycles. The standard InChI is InChI=1S/C8H8ClN3OS/c9-8-2-1-7(14-8)6-3-5(4-11-10)12-13-6/h1-3,11H,4,10H2. The van der Waals surface area contributed by atoms with E-state index in [1.165, 1.54) is 11.3 Å². The van der Waals surface area contributed by atoms with Crippen LogP contribution in [-0.4, -0.2) is 5.16 Å². The summed E-state index contributed by atoms with van der Waals surface area (Å²) in [7, 11) is 0. The van der Waals surface area contributed by atoms with Gasteiger partial charge in [0.2, 0.25) is 0 Å². The SMILES string of the molecule is NNCc1cc(-c2ccc(Cl)s2)on1. The highest BCUT2D eigenvalue weighted by Gasteiger charge is 2.08. The zero-order chi connectivity index (χ0) is 9.97. The topological polar surface area (TPSA) is 64.1 Å². The van der Waals surface area contributed by atoms with E-state index < -0.39 is 0 Å². The van der Waals surface area contributed by atoms with Crippen LogP contribution < -0.4 is 11.3 Å².